The van der Waals surface area contributed by atoms with Crippen molar-refractivity contribution >= 4 is 11.6 Å². The highest BCUT2D eigenvalue weighted by atomic mass is 19.1. The molecule has 2 aliphatic rings. The summed E-state index contributed by atoms with van der Waals surface area (Å²) >= 11 is 0. The molecular weight excluding hydrogens is 291 g/mol. The molecule has 1 aliphatic carbocycles. The predicted octanol–water partition coefficient (Wildman–Crippen LogP) is 3.56. The van der Waals surface area contributed by atoms with Crippen LogP contribution in [0, 0.1) is 5.82 Å². The second kappa shape index (κ2) is 5.61. The molecule has 0 fully saturated rings. The number of carbonyl (C=O) groups excluding carboxylic acids is 1. The van der Waals surface area contributed by atoms with Crippen LogP contribution in [-0.2, 0) is 12.8 Å². The van der Waals surface area contributed by atoms with E-state index in [9.17, 15) is 9.18 Å². The lowest BCUT2D eigenvalue weighted by Crippen LogP contribution is -2.23. The molecule has 0 saturated heterocycles. The van der Waals surface area contributed by atoms with Gasteiger partial charge in [0.1, 0.15) is 5.82 Å². The molecule has 0 bridgehead atoms. The standard InChI is InChI=1S/C19H17FN2O/c20-17-6-2-5-16(12-17)19(23)22-10-9-18(21-22)15-8-7-13-3-1-4-14(13)11-15/h2,5-8,11-12H,1,3-4,9-10H2. The summed E-state index contributed by atoms with van der Waals surface area (Å²) < 4.78 is 13.3. The highest BCUT2D eigenvalue weighted by Crippen LogP contribution is 2.25. The molecule has 0 atom stereocenters. The van der Waals surface area contributed by atoms with Crippen LogP contribution in [-0.4, -0.2) is 23.2 Å². The minimum absolute atomic E-state index is 0.249. The van der Waals surface area contributed by atoms with Crippen molar-refractivity contribution in [2.75, 3.05) is 6.54 Å². The van der Waals surface area contributed by atoms with Gasteiger partial charge in [-0.1, -0.05) is 18.2 Å². The third kappa shape index (κ3) is 2.65. The molecule has 1 aliphatic heterocycles. The van der Waals surface area contributed by atoms with Crippen molar-refractivity contribution in [2.24, 2.45) is 5.10 Å². The maximum atomic E-state index is 13.3. The fourth-order valence-electron chi connectivity index (χ4n) is 3.33. The molecule has 0 radical (unpaired) electrons. The third-order valence-corrected chi connectivity index (χ3v) is 4.54. The molecule has 0 spiro atoms. The van der Waals surface area contributed by atoms with E-state index in [4.69, 9.17) is 0 Å². The van der Waals surface area contributed by atoms with E-state index in [1.165, 1.54) is 34.7 Å². The number of hydrazone groups is 1. The van der Waals surface area contributed by atoms with Gasteiger partial charge in [0.2, 0.25) is 0 Å². The Balaban J connectivity index is 1.58. The monoisotopic (exact) mass is 308 g/mol. The van der Waals surface area contributed by atoms with Gasteiger partial charge in [0.15, 0.2) is 0 Å². The van der Waals surface area contributed by atoms with Gasteiger partial charge in [-0.2, -0.15) is 5.10 Å². The van der Waals surface area contributed by atoms with E-state index < -0.39 is 5.82 Å². The van der Waals surface area contributed by atoms with Crippen LogP contribution in [0.1, 0.15) is 39.9 Å². The summed E-state index contributed by atoms with van der Waals surface area (Å²) in [6.45, 7) is 0.543. The lowest BCUT2D eigenvalue weighted by molar-refractivity contribution is 0.0778. The van der Waals surface area contributed by atoms with Crippen LogP contribution in [0.2, 0.25) is 0 Å². The summed E-state index contributed by atoms with van der Waals surface area (Å²) in [6, 6.07) is 12.2. The minimum Gasteiger partial charge on any atom is -0.267 e. The first-order valence-corrected chi connectivity index (χ1v) is 7.98. The van der Waals surface area contributed by atoms with Crippen LogP contribution < -0.4 is 0 Å². The van der Waals surface area contributed by atoms with Crippen molar-refractivity contribution in [3.63, 3.8) is 0 Å². The number of carbonyl (C=O) groups is 1. The number of aryl methyl sites for hydroxylation is 2. The Morgan fingerprint density at radius 2 is 1.91 bits per heavy atom. The number of nitrogens with zero attached hydrogens (tertiary/aromatic N) is 2. The number of hydrogen-bond acceptors (Lipinski definition) is 2. The van der Waals surface area contributed by atoms with Crippen LogP contribution in [0.15, 0.2) is 47.6 Å². The summed E-state index contributed by atoms with van der Waals surface area (Å²) in [5, 5.41) is 5.91. The average Bonchev–Trinajstić information content (AvgIpc) is 3.22. The highest BCUT2D eigenvalue weighted by Gasteiger charge is 2.23. The number of fused-ring (bicyclic) bond motifs is 1. The molecule has 0 N–H and O–H groups in total. The summed E-state index contributed by atoms with van der Waals surface area (Å²) in [5.41, 5.74) is 5.20. The number of halogens is 1. The van der Waals surface area contributed by atoms with Crippen molar-refractivity contribution in [3.8, 4) is 0 Å². The van der Waals surface area contributed by atoms with Gasteiger partial charge in [-0.25, -0.2) is 9.40 Å². The van der Waals surface area contributed by atoms with Gasteiger partial charge >= 0.3 is 0 Å². The first-order chi connectivity index (χ1) is 11.2. The first-order valence-electron chi connectivity index (χ1n) is 7.98. The lowest BCUT2D eigenvalue weighted by atomic mass is 10.0. The van der Waals surface area contributed by atoms with Crippen LogP contribution in [0.25, 0.3) is 0 Å². The van der Waals surface area contributed by atoms with Crippen molar-refractivity contribution in [1.29, 1.82) is 0 Å². The fourth-order valence-corrected chi connectivity index (χ4v) is 3.33. The number of hydrogen-bond donors (Lipinski definition) is 0. The van der Waals surface area contributed by atoms with Crippen molar-refractivity contribution < 1.29 is 9.18 Å². The molecule has 1 heterocycles. The Morgan fingerprint density at radius 3 is 2.78 bits per heavy atom. The SMILES string of the molecule is O=C(c1cccc(F)c1)N1CCC(c2ccc3c(c2)CCC3)=N1. The quantitative estimate of drug-likeness (QED) is 0.835. The lowest BCUT2D eigenvalue weighted by Gasteiger charge is -2.11. The Bertz CT molecular complexity index is 813. The molecule has 2 aromatic carbocycles. The zero-order chi connectivity index (χ0) is 15.8. The van der Waals surface area contributed by atoms with E-state index in [-0.39, 0.29) is 5.91 Å². The van der Waals surface area contributed by atoms with Crippen LogP contribution in [0.4, 0.5) is 4.39 Å². The second-order valence-corrected chi connectivity index (χ2v) is 6.07. The Hall–Kier alpha value is -2.49. The Morgan fingerprint density at radius 1 is 1.04 bits per heavy atom. The molecule has 4 rings (SSSR count). The summed E-state index contributed by atoms with van der Waals surface area (Å²) in [7, 11) is 0. The maximum Gasteiger partial charge on any atom is 0.274 e. The number of amides is 1. The van der Waals surface area contributed by atoms with Gasteiger partial charge in [-0.3, -0.25) is 4.79 Å². The topological polar surface area (TPSA) is 32.7 Å². The molecule has 0 saturated carbocycles. The summed E-state index contributed by atoms with van der Waals surface area (Å²) in [4.78, 5) is 12.4. The number of benzene rings is 2. The van der Waals surface area contributed by atoms with Crippen LogP contribution in [0.5, 0.6) is 0 Å². The molecule has 0 unspecified atom stereocenters. The van der Waals surface area contributed by atoms with Crippen molar-refractivity contribution in [2.45, 2.75) is 25.7 Å². The van der Waals surface area contributed by atoms with Gasteiger partial charge in [-0.05, 0) is 60.2 Å². The maximum absolute atomic E-state index is 13.3. The average molecular weight is 308 g/mol. The van der Waals surface area contributed by atoms with Gasteiger partial charge in [0.25, 0.3) is 5.91 Å². The van der Waals surface area contributed by atoms with Gasteiger partial charge in [0.05, 0.1) is 12.3 Å². The van der Waals surface area contributed by atoms with E-state index in [1.54, 1.807) is 12.1 Å². The third-order valence-electron chi connectivity index (χ3n) is 4.54. The Kier molecular flexibility index (Phi) is 3.45. The number of rotatable bonds is 2. The van der Waals surface area contributed by atoms with E-state index in [2.05, 4.69) is 23.3 Å². The smallest absolute Gasteiger partial charge is 0.267 e. The van der Waals surface area contributed by atoms with Gasteiger partial charge in [0, 0.05) is 12.0 Å². The van der Waals surface area contributed by atoms with Crippen LogP contribution in [0.3, 0.4) is 0 Å². The predicted molar refractivity (Wildman–Crippen MR) is 87.1 cm³/mol. The Labute approximate surface area is 134 Å². The zero-order valence-electron chi connectivity index (χ0n) is 12.8. The first kappa shape index (κ1) is 14.1. The van der Waals surface area contributed by atoms with E-state index >= 15 is 0 Å². The minimum atomic E-state index is -0.405. The zero-order valence-corrected chi connectivity index (χ0v) is 12.8. The molecular formula is C19H17FN2O. The normalized spacial score (nSPS) is 16.4. The molecule has 3 nitrogen and oxygen atoms in total. The fraction of sp³-hybridized carbons (Fsp3) is 0.263. The second-order valence-electron chi connectivity index (χ2n) is 6.07. The van der Waals surface area contributed by atoms with E-state index in [1.807, 2.05) is 0 Å². The summed E-state index contributed by atoms with van der Waals surface area (Å²) in [6.07, 6.45) is 4.24. The van der Waals surface area contributed by atoms with Gasteiger partial charge in [-0.15, -0.1) is 0 Å². The summed E-state index contributed by atoms with van der Waals surface area (Å²) in [5.74, 6) is -0.654. The molecule has 23 heavy (non-hydrogen) atoms. The van der Waals surface area contributed by atoms with Gasteiger partial charge < -0.3 is 0 Å². The molecule has 0 aromatic heterocycles. The van der Waals surface area contributed by atoms with Crippen molar-refractivity contribution in [3.05, 3.63) is 70.5 Å². The van der Waals surface area contributed by atoms with E-state index in [0.29, 0.717) is 12.1 Å². The molecule has 1 amide bonds. The molecule has 116 valence electrons. The van der Waals surface area contributed by atoms with E-state index in [0.717, 1.165) is 30.5 Å². The van der Waals surface area contributed by atoms with Crippen molar-refractivity contribution in [1.82, 2.24) is 5.01 Å². The highest BCUT2D eigenvalue weighted by molar-refractivity contribution is 6.04. The molecule has 2 aromatic rings. The van der Waals surface area contributed by atoms with Crippen LogP contribution >= 0.6 is 0 Å². The largest absolute Gasteiger partial charge is 0.274 e. The molecule has 4 heteroatoms.